The van der Waals surface area contributed by atoms with E-state index in [2.05, 4.69) is 46.8 Å². The Morgan fingerprint density at radius 3 is 2.48 bits per heavy atom. The molecular weight excluding hydrogens is 284 g/mol. The van der Waals surface area contributed by atoms with Crippen LogP contribution in [0.3, 0.4) is 0 Å². The Labute approximate surface area is 137 Å². The van der Waals surface area contributed by atoms with E-state index >= 15 is 0 Å². The van der Waals surface area contributed by atoms with Gasteiger partial charge >= 0.3 is 0 Å². The largest absolute Gasteiger partial charge is 0.496 e. The van der Waals surface area contributed by atoms with Gasteiger partial charge in [-0.15, -0.1) is 0 Å². The van der Waals surface area contributed by atoms with E-state index in [1.54, 1.807) is 7.11 Å². The predicted molar refractivity (Wildman–Crippen MR) is 93.8 cm³/mol. The average molecular weight is 306 g/mol. The van der Waals surface area contributed by atoms with Crippen molar-refractivity contribution < 1.29 is 4.74 Å². The number of hydrogen-bond acceptors (Lipinski definition) is 2. The number of ether oxygens (including phenoxy) is 1. The molecule has 0 bridgehead atoms. The summed E-state index contributed by atoms with van der Waals surface area (Å²) in [6, 6.07) is 18.6. The molecule has 2 aromatic carbocycles. The summed E-state index contributed by atoms with van der Waals surface area (Å²) in [5.41, 5.74) is 4.71. The van der Waals surface area contributed by atoms with Gasteiger partial charge in [-0.25, -0.2) is 4.98 Å². The highest BCUT2D eigenvalue weighted by Crippen LogP contribution is 2.25. The Morgan fingerprint density at radius 1 is 1.00 bits per heavy atom. The van der Waals surface area contributed by atoms with Gasteiger partial charge in [0.25, 0.3) is 0 Å². The highest BCUT2D eigenvalue weighted by molar-refractivity contribution is 5.62. The van der Waals surface area contributed by atoms with E-state index in [0.717, 1.165) is 30.8 Å². The van der Waals surface area contributed by atoms with Gasteiger partial charge in [0.05, 0.1) is 25.7 Å². The normalized spacial score (nSPS) is 10.7. The molecule has 0 radical (unpaired) electrons. The smallest absolute Gasteiger partial charge is 0.123 e. The van der Waals surface area contributed by atoms with E-state index in [9.17, 15) is 0 Å². The van der Waals surface area contributed by atoms with Gasteiger partial charge in [-0.1, -0.05) is 61.9 Å². The molecule has 0 saturated carbocycles. The Bertz CT molecular complexity index is 762. The number of para-hydroxylation sites is 1. The number of benzene rings is 2. The Morgan fingerprint density at radius 2 is 1.74 bits per heavy atom. The maximum atomic E-state index is 5.48. The molecule has 3 nitrogen and oxygen atoms in total. The molecule has 0 atom stereocenters. The molecule has 0 aliphatic carbocycles. The first kappa shape index (κ1) is 15.3. The summed E-state index contributed by atoms with van der Waals surface area (Å²) in [5, 5.41) is 0. The maximum absolute atomic E-state index is 5.48. The minimum atomic E-state index is 0.777. The zero-order valence-electron chi connectivity index (χ0n) is 13.7. The minimum Gasteiger partial charge on any atom is -0.496 e. The molecule has 3 heteroatoms. The fourth-order valence-corrected chi connectivity index (χ4v) is 2.90. The van der Waals surface area contributed by atoms with E-state index in [0.29, 0.717) is 0 Å². The van der Waals surface area contributed by atoms with Gasteiger partial charge < -0.3 is 9.30 Å². The lowest BCUT2D eigenvalue weighted by Crippen LogP contribution is -2.05. The number of rotatable bonds is 6. The first-order valence-corrected chi connectivity index (χ1v) is 8.04. The summed E-state index contributed by atoms with van der Waals surface area (Å²) in [7, 11) is 1.72. The lowest BCUT2D eigenvalue weighted by atomic mass is 10.1. The third-order valence-electron chi connectivity index (χ3n) is 4.01. The molecule has 0 unspecified atom stereocenters. The molecule has 118 valence electrons. The third kappa shape index (κ3) is 3.29. The van der Waals surface area contributed by atoms with Crippen LogP contribution in [-0.2, 0) is 13.0 Å². The van der Waals surface area contributed by atoms with Crippen molar-refractivity contribution in [3.05, 3.63) is 72.2 Å². The highest BCUT2D eigenvalue weighted by atomic mass is 16.5. The van der Waals surface area contributed by atoms with Crippen molar-refractivity contribution in [1.82, 2.24) is 9.55 Å². The predicted octanol–water partition coefficient (Wildman–Crippen LogP) is 4.56. The molecule has 0 saturated heterocycles. The number of methoxy groups -OCH3 is 1. The molecular formula is C20H22N2O. The van der Waals surface area contributed by atoms with Gasteiger partial charge in [0.1, 0.15) is 5.75 Å². The molecule has 0 spiro atoms. The Hall–Kier alpha value is -2.55. The number of imidazole rings is 1. The van der Waals surface area contributed by atoms with Crippen molar-refractivity contribution in [2.75, 3.05) is 7.11 Å². The molecule has 0 aliphatic rings. The van der Waals surface area contributed by atoms with Gasteiger partial charge in [0, 0.05) is 16.8 Å². The van der Waals surface area contributed by atoms with Crippen molar-refractivity contribution in [3.63, 3.8) is 0 Å². The number of hydrogen-bond donors (Lipinski definition) is 0. The molecule has 23 heavy (non-hydrogen) atoms. The highest BCUT2D eigenvalue weighted by Gasteiger charge is 2.13. The first-order chi connectivity index (χ1) is 11.3. The second-order valence-corrected chi connectivity index (χ2v) is 5.60. The topological polar surface area (TPSA) is 27.1 Å². The summed E-state index contributed by atoms with van der Waals surface area (Å²) in [6.45, 7) is 2.98. The van der Waals surface area contributed by atoms with Crippen LogP contribution in [0.25, 0.3) is 11.3 Å². The third-order valence-corrected chi connectivity index (χ3v) is 4.01. The molecule has 3 aromatic rings. The zero-order valence-corrected chi connectivity index (χ0v) is 13.7. The van der Waals surface area contributed by atoms with Gasteiger partial charge in [-0.05, 0) is 12.5 Å². The first-order valence-electron chi connectivity index (χ1n) is 8.04. The van der Waals surface area contributed by atoms with Crippen molar-refractivity contribution >= 4 is 0 Å². The standard InChI is InChI=1S/C20H22N2O/c1-3-9-18-20(16-10-5-4-6-11-16)21-15-22(18)14-17-12-7-8-13-19(17)23-2/h4-8,10-13,15H,3,9,14H2,1-2H3. The molecule has 1 heterocycles. The van der Waals surface area contributed by atoms with Crippen LogP contribution in [0.2, 0.25) is 0 Å². The van der Waals surface area contributed by atoms with Crippen molar-refractivity contribution in [3.8, 4) is 17.0 Å². The van der Waals surface area contributed by atoms with Gasteiger partial charge in [-0.2, -0.15) is 0 Å². The van der Waals surface area contributed by atoms with Crippen LogP contribution in [0.15, 0.2) is 60.9 Å². The maximum Gasteiger partial charge on any atom is 0.123 e. The zero-order chi connectivity index (χ0) is 16.1. The molecule has 0 aliphatic heterocycles. The van der Waals surface area contributed by atoms with Crippen molar-refractivity contribution in [2.45, 2.75) is 26.3 Å². The second kappa shape index (κ2) is 7.14. The van der Waals surface area contributed by atoms with Crippen molar-refractivity contribution in [2.24, 2.45) is 0 Å². The summed E-state index contributed by atoms with van der Waals surface area (Å²) in [5.74, 6) is 0.921. The summed E-state index contributed by atoms with van der Waals surface area (Å²) < 4.78 is 7.71. The van der Waals surface area contributed by atoms with E-state index in [1.807, 2.05) is 30.6 Å². The SMILES string of the molecule is CCCc1c(-c2ccccc2)ncn1Cc1ccccc1OC. The monoisotopic (exact) mass is 306 g/mol. The molecule has 0 N–H and O–H groups in total. The van der Waals surface area contributed by atoms with E-state index in [1.165, 1.54) is 16.8 Å². The second-order valence-electron chi connectivity index (χ2n) is 5.60. The fourth-order valence-electron chi connectivity index (χ4n) is 2.90. The van der Waals surface area contributed by atoms with E-state index in [-0.39, 0.29) is 0 Å². The van der Waals surface area contributed by atoms with Gasteiger partial charge in [0.2, 0.25) is 0 Å². The summed E-state index contributed by atoms with van der Waals surface area (Å²) in [4.78, 5) is 4.68. The van der Waals surface area contributed by atoms with Gasteiger partial charge in [-0.3, -0.25) is 0 Å². The lowest BCUT2D eigenvalue weighted by molar-refractivity contribution is 0.408. The van der Waals surface area contributed by atoms with Gasteiger partial charge in [0.15, 0.2) is 0 Å². The van der Waals surface area contributed by atoms with Crippen LogP contribution < -0.4 is 4.74 Å². The molecule has 1 aromatic heterocycles. The fraction of sp³-hybridized carbons (Fsp3) is 0.250. The van der Waals surface area contributed by atoms with Crippen LogP contribution >= 0.6 is 0 Å². The van der Waals surface area contributed by atoms with Crippen LogP contribution in [-0.4, -0.2) is 16.7 Å². The summed E-state index contributed by atoms with van der Waals surface area (Å²) in [6.07, 6.45) is 4.05. The van der Waals surface area contributed by atoms with Crippen LogP contribution in [0.1, 0.15) is 24.6 Å². The Balaban J connectivity index is 1.98. The lowest BCUT2D eigenvalue weighted by Gasteiger charge is -2.12. The van der Waals surface area contributed by atoms with Crippen LogP contribution in [0.4, 0.5) is 0 Å². The van der Waals surface area contributed by atoms with E-state index < -0.39 is 0 Å². The number of aromatic nitrogens is 2. The Kier molecular flexibility index (Phi) is 4.77. The van der Waals surface area contributed by atoms with Crippen LogP contribution in [0, 0.1) is 0 Å². The molecule has 3 rings (SSSR count). The minimum absolute atomic E-state index is 0.777. The number of nitrogens with zero attached hydrogens (tertiary/aromatic N) is 2. The summed E-state index contributed by atoms with van der Waals surface area (Å²) >= 11 is 0. The molecule has 0 fully saturated rings. The van der Waals surface area contributed by atoms with Crippen molar-refractivity contribution in [1.29, 1.82) is 0 Å². The quantitative estimate of drug-likeness (QED) is 0.667. The van der Waals surface area contributed by atoms with Crippen LogP contribution in [0.5, 0.6) is 5.75 Å². The average Bonchev–Trinajstić information content (AvgIpc) is 2.99. The molecule has 0 amide bonds. The van der Waals surface area contributed by atoms with E-state index in [4.69, 9.17) is 4.74 Å².